The largest absolute Gasteiger partial charge is 0.309 e. The van der Waals surface area contributed by atoms with Crippen LogP contribution in [0.1, 0.15) is 49.9 Å². The summed E-state index contributed by atoms with van der Waals surface area (Å²) in [5, 5.41) is 10.7. The van der Waals surface area contributed by atoms with Gasteiger partial charge in [0.25, 0.3) is 0 Å². The van der Waals surface area contributed by atoms with Gasteiger partial charge in [0.1, 0.15) is 0 Å². The molecule has 278 valence electrons. The molecule has 2 aliphatic rings. The molecule has 9 aromatic carbocycles. The normalized spacial score (nSPS) is 14.7. The first-order valence-corrected chi connectivity index (χ1v) is 20.9. The molecule has 0 aliphatic heterocycles. The Labute approximate surface area is 343 Å². The van der Waals surface area contributed by atoms with Crippen molar-refractivity contribution < 1.29 is 0 Å². The van der Waals surface area contributed by atoms with E-state index >= 15 is 0 Å². The smallest absolute Gasteiger partial charge is 0.0541 e. The summed E-state index contributed by atoms with van der Waals surface area (Å²) >= 11 is 0. The van der Waals surface area contributed by atoms with Gasteiger partial charge in [-0.25, -0.2) is 0 Å². The van der Waals surface area contributed by atoms with Gasteiger partial charge in [0.2, 0.25) is 0 Å². The summed E-state index contributed by atoms with van der Waals surface area (Å²) in [5.41, 5.74) is 19.3. The van der Waals surface area contributed by atoms with E-state index in [0.29, 0.717) is 0 Å². The highest BCUT2D eigenvalue weighted by Gasteiger charge is 2.40. The maximum absolute atomic E-state index is 4.41. The number of benzene rings is 9. The Balaban J connectivity index is 0.983. The predicted molar refractivity (Wildman–Crippen MR) is 248 cm³/mol. The number of nitrogens with zero attached hydrogens (tertiary/aromatic N) is 2. The number of rotatable bonds is 3. The lowest BCUT2D eigenvalue weighted by Crippen LogP contribution is -2.15. The van der Waals surface area contributed by atoms with Crippen LogP contribution in [0.3, 0.4) is 0 Å². The van der Waals surface area contributed by atoms with Crippen molar-refractivity contribution in [2.45, 2.75) is 38.5 Å². The van der Waals surface area contributed by atoms with Crippen LogP contribution < -0.4 is 0 Å². The maximum Gasteiger partial charge on any atom is 0.0541 e. The minimum Gasteiger partial charge on any atom is -0.309 e. The zero-order valence-electron chi connectivity index (χ0n) is 33.6. The third-order valence-corrected chi connectivity index (χ3v) is 14.2. The van der Waals surface area contributed by atoms with Crippen LogP contribution in [0.5, 0.6) is 0 Å². The third kappa shape index (κ3) is 4.28. The summed E-state index contributed by atoms with van der Waals surface area (Å²) in [4.78, 5) is 4.41. The average Bonchev–Trinajstić information content (AvgIpc) is 3.81. The molecule has 0 radical (unpaired) electrons. The van der Waals surface area contributed by atoms with Crippen LogP contribution in [0.15, 0.2) is 170 Å². The van der Waals surface area contributed by atoms with Gasteiger partial charge in [-0.3, -0.25) is 4.98 Å². The number of pyridine rings is 1. The molecule has 2 nitrogen and oxygen atoms in total. The fraction of sp³-hybridized carbons (Fsp3) is 0.105. The van der Waals surface area contributed by atoms with Crippen molar-refractivity contribution in [3.63, 3.8) is 0 Å². The summed E-state index contributed by atoms with van der Waals surface area (Å²) < 4.78 is 2.39. The van der Waals surface area contributed by atoms with Gasteiger partial charge < -0.3 is 4.57 Å². The third-order valence-electron chi connectivity index (χ3n) is 14.2. The van der Waals surface area contributed by atoms with Crippen LogP contribution in [-0.2, 0) is 10.8 Å². The molecule has 0 N–H and O–H groups in total. The van der Waals surface area contributed by atoms with Crippen LogP contribution >= 0.6 is 0 Å². The quantitative estimate of drug-likeness (QED) is 0.164. The van der Waals surface area contributed by atoms with E-state index < -0.39 is 0 Å². The molecule has 59 heavy (non-hydrogen) atoms. The molecule has 2 heteroatoms. The van der Waals surface area contributed by atoms with Gasteiger partial charge in [0.05, 0.1) is 11.0 Å². The van der Waals surface area contributed by atoms with E-state index in [1.54, 1.807) is 0 Å². The molecule has 0 saturated carbocycles. The maximum atomic E-state index is 4.41. The molecule has 0 amide bonds. The summed E-state index contributed by atoms with van der Waals surface area (Å²) in [7, 11) is 0. The van der Waals surface area contributed by atoms with Gasteiger partial charge in [0.15, 0.2) is 0 Å². The Morgan fingerprint density at radius 3 is 1.59 bits per heavy atom. The Hall–Kier alpha value is -7.03. The lowest BCUT2D eigenvalue weighted by atomic mass is 9.79. The van der Waals surface area contributed by atoms with Gasteiger partial charge in [-0.1, -0.05) is 125 Å². The van der Waals surface area contributed by atoms with Crippen molar-refractivity contribution in [1.29, 1.82) is 0 Å². The molecule has 2 aromatic heterocycles. The van der Waals surface area contributed by atoms with E-state index in [1.807, 2.05) is 18.5 Å². The Bertz CT molecular complexity index is 3590. The fourth-order valence-corrected chi connectivity index (χ4v) is 11.3. The molecule has 2 aliphatic carbocycles. The molecule has 2 heterocycles. The van der Waals surface area contributed by atoms with Crippen LogP contribution in [0.25, 0.3) is 104 Å². The Kier molecular flexibility index (Phi) is 6.34. The standard InChI is InChI=1S/C57H40N2/c1-56(2)46-28-34(33-20-25-51-45(27-33)40-14-8-9-15-50(40)59(51)39-12-6-5-7-13-39)16-21-41(46)54-43-23-18-37-31-49-55(44-24-19-36(30-48(54)56)52(43)53(37)44)42-22-17-35(29-47(42)57(49,3)4)38-11-10-26-58-32-38/h5-32H,1-4H3. The minimum atomic E-state index is -0.158. The van der Waals surface area contributed by atoms with Gasteiger partial charge in [0, 0.05) is 39.7 Å². The fourth-order valence-electron chi connectivity index (χ4n) is 11.3. The van der Waals surface area contributed by atoms with Gasteiger partial charge in [-0.15, -0.1) is 0 Å². The topological polar surface area (TPSA) is 17.8 Å². The summed E-state index contributed by atoms with van der Waals surface area (Å²) in [5.74, 6) is 0. The highest BCUT2D eigenvalue weighted by molar-refractivity contribution is 6.29. The summed E-state index contributed by atoms with van der Waals surface area (Å²) in [6.45, 7) is 9.62. The monoisotopic (exact) mass is 752 g/mol. The van der Waals surface area contributed by atoms with Crippen LogP contribution in [0.4, 0.5) is 0 Å². The van der Waals surface area contributed by atoms with E-state index in [0.717, 1.165) is 5.56 Å². The number of para-hydroxylation sites is 2. The van der Waals surface area contributed by atoms with Gasteiger partial charge in [-0.05, 0) is 160 Å². The predicted octanol–water partition coefficient (Wildman–Crippen LogP) is 15.0. The van der Waals surface area contributed by atoms with Gasteiger partial charge in [-0.2, -0.15) is 0 Å². The number of hydrogen-bond donors (Lipinski definition) is 0. The van der Waals surface area contributed by atoms with E-state index in [9.17, 15) is 0 Å². The van der Waals surface area contributed by atoms with Crippen LogP contribution in [-0.4, -0.2) is 9.55 Å². The molecule has 0 saturated heterocycles. The van der Waals surface area contributed by atoms with Gasteiger partial charge >= 0.3 is 0 Å². The number of aromatic nitrogens is 2. The SMILES string of the molecule is CC1(C)c2cc(-c3cccnc3)ccc2-c2c1cc1ccc3c4c(cc5ccc2c1c53)C(C)(C)c1cc(-c2ccc3c(c2)c2ccccc2n3-c2ccccc2)ccc1-4. The second kappa shape index (κ2) is 11.3. The lowest BCUT2D eigenvalue weighted by molar-refractivity contribution is 0.661. The molecule has 13 rings (SSSR count). The molecular formula is C57H40N2. The van der Waals surface area contributed by atoms with Crippen molar-refractivity contribution in [3.05, 3.63) is 192 Å². The van der Waals surface area contributed by atoms with E-state index in [-0.39, 0.29) is 10.8 Å². The number of fused-ring (bicyclic) bond motifs is 11. The van der Waals surface area contributed by atoms with E-state index in [1.165, 1.54) is 121 Å². The Morgan fingerprint density at radius 2 is 0.966 bits per heavy atom. The van der Waals surface area contributed by atoms with E-state index in [2.05, 4.69) is 189 Å². The zero-order valence-corrected chi connectivity index (χ0v) is 33.6. The summed E-state index contributed by atoms with van der Waals surface area (Å²) in [6, 6.07) is 59.6. The van der Waals surface area contributed by atoms with Crippen LogP contribution in [0.2, 0.25) is 0 Å². The average molecular weight is 753 g/mol. The molecule has 0 atom stereocenters. The van der Waals surface area contributed by atoms with Crippen LogP contribution in [0, 0.1) is 0 Å². The Morgan fingerprint density at radius 1 is 0.407 bits per heavy atom. The second-order valence-electron chi connectivity index (χ2n) is 18.0. The van der Waals surface area contributed by atoms with E-state index in [4.69, 9.17) is 0 Å². The first-order chi connectivity index (χ1) is 28.8. The molecule has 0 unspecified atom stereocenters. The molecule has 0 spiro atoms. The molecule has 0 bridgehead atoms. The first kappa shape index (κ1) is 33.0. The highest BCUT2D eigenvalue weighted by Crippen LogP contribution is 2.57. The molecule has 11 aromatic rings. The molecular weight excluding hydrogens is 713 g/mol. The summed E-state index contributed by atoms with van der Waals surface area (Å²) in [6.07, 6.45) is 3.81. The van der Waals surface area contributed by atoms with Crippen molar-refractivity contribution in [3.8, 4) is 50.2 Å². The minimum absolute atomic E-state index is 0.126. The second-order valence-corrected chi connectivity index (χ2v) is 18.0. The molecule has 0 fully saturated rings. The van der Waals surface area contributed by atoms with Crippen molar-refractivity contribution in [2.24, 2.45) is 0 Å². The highest BCUT2D eigenvalue weighted by atomic mass is 15.0. The lowest BCUT2D eigenvalue weighted by Gasteiger charge is -2.24. The first-order valence-electron chi connectivity index (χ1n) is 20.9. The van der Waals surface area contributed by atoms with Crippen molar-refractivity contribution in [2.75, 3.05) is 0 Å². The van der Waals surface area contributed by atoms with Crippen molar-refractivity contribution >= 4 is 54.1 Å². The number of hydrogen-bond acceptors (Lipinski definition) is 1. The zero-order chi connectivity index (χ0) is 39.4. The van der Waals surface area contributed by atoms with Crippen molar-refractivity contribution in [1.82, 2.24) is 9.55 Å².